The number of aliphatic imine (C=N–C) groups is 1. The zero-order valence-corrected chi connectivity index (χ0v) is 22.7. The first-order valence-electron chi connectivity index (χ1n) is 11.1. The standard InChI is InChI=1S/C24H36N4O2S.HI/c1-5-25-24(26-13-12-18-16-20(29-3)10-11-21(18)30-4)27-17-19-8-6-14-28(2)23(19)22-9-7-15-31-22;/h7,9-11,15-16,19,23H,5-6,8,12-14,17H2,1-4H3,(H2,25,26,27);1H. The topological polar surface area (TPSA) is 58.1 Å². The molecule has 0 spiro atoms. The molecule has 1 aromatic carbocycles. The van der Waals surface area contributed by atoms with Crippen molar-refractivity contribution >= 4 is 41.3 Å². The molecule has 2 N–H and O–H groups in total. The van der Waals surface area contributed by atoms with Crippen molar-refractivity contribution in [3.05, 3.63) is 46.2 Å². The summed E-state index contributed by atoms with van der Waals surface area (Å²) in [6.45, 7) is 5.70. The average Bonchev–Trinajstić information content (AvgIpc) is 3.31. The maximum absolute atomic E-state index is 5.50. The van der Waals surface area contributed by atoms with E-state index >= 15 is 0 Å². The Morgan fingerprint density at radius 3 is 2.75 bits per heavy atom. The molecule has 32 heavy (non-hydrogen) atoms. The van der Waals surface area contributed by atoms with E-state index in [2.05, 4.69) is 47.0 Å². The molecule has 0 bridgehead atoms. The van der Waals surface area contributed by atoms with Gasteiger partial charge in [0, 0.05) is 30.6 Å². The number of likely N-dealkylation sites (tertiary alicyclic amines) is 1. The number of rotatable bonds is 9. The Kier molecular flexibility index (Phi) is 11.6. The van der Waals surface area contributed by atoms with Crippen molar-refractivity contribution in [1.29, 1.82) is 0 Å². The minimum atomic E-state index is 0. The van der Waals surface area contributed by atoms with E-state index in [0.717, 1.165) is 55.6 Å². The molecule has 178 valence electrons. The second kappa shape index (κ2) is 13.9. The number of ether oxygens (including phenoxy) is 2. The van der Waals surface area contributed by atoms with Crippen LogP contribution in [0.25, 0.3) is 0 Å². The zero-order valence-electron chi connectivity index (χ0n) is 19.6. The number of methoxy groups -OCH3 is 2. The summed E-state index contributed by atoms with van der Waals surface area (Å²) in [5.74, 6) is 3.14. The van der Waals surface area contributed by atoms with Crippen LogP contribution in [0.2, 0.25) is 0 Å². The Labute approximate surface area is 213 Å². The highest BCUT2D eigenvalue weighted by molar-refractivity contribution is 14.0. The Bertz CT molecular complexity index is 831. The Balaban J connectivity index is 0.00000363. The number of thiophene rings is 1. The first-order valence-corrected chi connectivity index (χ1v) is 12.0. The highest BCUT2D eigenvalue weighted by Crippen LogP contribution is 2.37. The minimum absolute atomic E-state index is 0. The predicted octanol–water partition coefficient (Wildman–Crippen LogP) is 4.56. The van der Waals surface area contributed by atoms with Crippen LogP contribution in [0, 0.1) is 5.92 Å². The van der Waals surface area contributed by atoms with Crippen LogP contribution in [0.4, 0.5) is 0 Å². The molecule has 6 nitrogen and oxygen atoms in total. The summed E-state index contributed by atoms with van der Waals surface area (Å²) in [6.07, 6.45) is 3.28. The van der Waals surface area contributed by atoms with Crippen LogP contribution in [0.15, 0.2) is 40.7 Å². The zero-order chi connectivity index (χ0) is 22.1. The number of halogens is 1. The Morgan fingerprint density at radius 2 is 2.06 bits per heavy atom. The van der Waals surface area contributed by atoms with E-state index in [1.54, 1.807) is 14.2 Å². The molecule has 2 heterocycles. The molecule has 2 unspecified atom stereocenters. The van der Waals surface area contributed by atoms with Crippen molar-refractivity contribution in [2.45, 2.75) is 32.2 Å². The molecule has 1 aliphatic rings. The summed E-state index contributed by atoms with van der Waals surface area (Å²) in [7, 11) is 5.63. The lowest BCUT2D eigenvalue weighted by Gasteiger charge is -2.38. The lowest BCUT2D eigenvalue weighted by atomic mass is 9.88. The molecule has 1 aliphatic heterocycles. The minimum Gasteiger partial charge on any atom is -0.497 e. The van der Waals surface area contributed by atoms with Crippen molar-refractivity contribution in [2.75, 3.05) is 47.4 Å². The van der Waals surface area contributed by atoms with Crippen LogP contribution in [0.1, 0.15) is 36.2 Å². The van der Waals surface area contributed by atoms with Crippen LogP contribution >= 0.6 is 35.3 Å². The van der Waals surface area contributed by atoms with Crippen molar-refractivity contribution in [3.63, 3.8) is 0 Å². The van der Waals surface area contributed by atoms with Crippen molar-refractivity contribution < 1.29 is 9.47 Å². The lowest BCUT2D eigenvalue weighted by molar-refractivity contribution is 0.128. The first kappa shape index (κ1) is 26.7. The van der Waals surface area contributed by atoms with Crippen molar-refractivity contribution in [2.24, 2.45) is 10.9 Å². The van der Waals surface area contributed by atoms with Gasteiger partial charge in [0.2, 0.25) is 0 Å². The van der Waals surface area contributed by atoms with Gasteiger partial charge in [-0.1, -0.05) is 6.07 Å². The van der Waals surface area contributed by atoms with Crippen LogP contribution in [0.3, 0.4) is 0 Å². The fraction of sp³-hybridized carbons (Fsp3) is 0.542. The SMILES string of the molecule is CCNC(=NCC1CCCN(C)C1c1cccs1)NCCc1cc(OC)ccc1OC.I. The maximum atomic E-state index is 5.50. The highest BCUT2D eigenvalue weighted by Gasteiger charge is 2.31. The molecule has 3 rings (SSSR count). The van der Waals surface area contributed by atoms with Gasteiger partial charge in [-0.05, 0) is 80.9 Å². The molecular formula is C24H37IN4O2S. The fourth-order valence-corrected chi connectivity index (χ4v) is 5.29. The number of nitrogens with one attached hydrogen (secondary N) is 2. The molecule has 1 saturated heterocycles. The lowest BCUT2D eigenvalue weighted by Crippen LogP contribution is -2.40. The third kappa shape index (κ3) is 7.25. The molecule has 1 fully saturated rings. The van der Waals surface area contributed by atoms with Crippen LogP contribution < -0.4 is 20.1 Å². The van der Waals surface area contributed by atoms with Gasteiger partial charge in [0.25, 0.3) is 0 Å². The van der Waals surface area contributed by atoms with Gasteiger partial charge >= 0.3 is 0 Å². The predicted molar refractivity (Wildman–Crippen MR) is 145 cm³/mol. The monoisotopic (exact) mass is 572 g/mol. The summed E-state index contributed by atoms with van der Waals surface area (Å²) in [4.78, 5) is 8.90. The third-order valence-electron chi connectivity index (χ3n) is 5.84. The quantitative estimate of drug-likeness (QED) is 0.262. The fourth-order valence-electron chi connectivity index (χ4n) is 4.30. The Morgan fingerprint density at radius 1 is 1.22 bits per heavy atom. The molecule has 1 aromatic heterocycles. The van der Waals surface area contributed by atoms with E-state index in [1.807, 2.05) is 29.5 Å². The highest BCUT2D eigenvalue weighted by atomic mass is 127. The van der Waals surface area contributed by atoms with Crippen LogP contribution in [-0.4, -0.2) is 58.3 Å². The van der Waals surface area contributed by atoms with E-state index < -0.39 is 0 Å². The number of hydrogen-bond acceptors (Lipinski definition) is 5. The van der Waals surface area contributed by atoms with Gasteiger partial charge in [-0.2, -0.15) is 0 Å². The smallest absolute Gasteiger partial charge is 0.191 e. The second-order valence-corrected chi connectivity index (χ2v) is 8.90. The van der Waals surface area contributed by atoms with Gasteiger partial charge in [-0.25, -0.2) is 0 Å². The molecule has 2 atom stereocenters. The molecule has 8 heteroatoms. The largest absolute Gasteiger partial charge is 0.497 e. The van der Waals surface area contributed by atoms with Crippen LogP contribution in [0.5, 0.6) is 11.5 Å². The van der Waals surface area contributed by atoms with E-state index in [4.69, 9.17) is 14.5 Å². The summed E-state index contributed by atoms with van der Waals surface area (Å²) in [5.41, 5.74) is 1.12. The first-order chi connectivity index (χ1) is 15.2. The number of nitrogens with zero attached hydrogens (tertiary/aromatic N) is 2. The normalized spacial score (nSPS) is 19.2. The maximum Gasteiger partial charge on any atom is 0.191 e. The van der Waals surface area contributed by atoms with E-state index in [-0.39, 0.29) is 24.0 Å². The number of hydrogen-bond donors (Lipinski definition) is 2. The average molecular weight is 573 g/mol. The van der Waals surface area contributed by atoms with Gasteiger partial charge in [0.1, 0.15) is 11.5 Å². The third-order valence-corrected chi connectivity index (χ3v) is 6.79. The van der Waals surface area contributed by atoms with Crippen molar-refractivity contribution in [1.82, 2.24) is 15.5 Å². The van der Waals surface area contributed by atoms with Gasteiger partial charge in [0.15, 0.2) is 5.96 Å². The summed E-state index contributed by atoms with van der Waals surface area (Å²) in [6, 6.07) is 10.8. The van der Waals surface area contributed by atoms with E-state index in [0.29, 0.717) is 12.0 Å². The molecule has 2 aromatic rings. The van der Waals surface area contributed by atoms with Crippen molar-refractivity contribution in [3.8, 4) is 11.5 Å². The molecule has 0 saturated carbocycles. The molecular weight excluding hydrogens is 535 g/mol. The van der Waals surface area contributed by atoms with Gasteiger partial charge in [0.05, 0.1) is 14.2 Å². The molecule has 0 aliphatic carbocycles. The second-order valence-electron chi connectivity index (χ2n) is 7.92. The number of benzene rings is 1. The Hall–Kier alpha value is -1.52. The van der Waals surface area contributed by atoms with E-state index in [1.165, 1.54) is 17.7 Å². The van der Waals surface area contributed by atoms with Crippen LogP contribution in [-0.2, 0) is 6.42 Å². The van der Waals surface area contributed by atoms with Gasteiger partial charge < -0.3 is 20.1 Å². The summed E-state index contributed by atoms with van der Waals surface area (Å²) < 4.78 is 10.9. The summed E-state index contributed by atoms with van der Waals surface area (Å²) >= 11 is 1.86. The molecule has 0 amide bonds. The number of piperidine rings is 1. The van der Waals surface area contributed by atoms with E-state index in [9.17, 15) is 0 Å². The van der Waals surface area contributed by atoms with Gasteiger partial charge in [-0.3, -0.25) is 9.89 Å². The number of guanidine groups is 1. The molecule has 0 radical (unpaired) electrons. The summed E-state index contributed by atoms with van der Waals surface area (Å²) in [5, 5.41) is 9.06. The van der Waals surface area contributed by atoms with Gasteiger partial charge in [-0.15, -0.1) is 35.3 Å².